The Morgan fingerprint density at radius 2 is 1.97 bits per heavy atom. The zero-order valence-corrected chi connectivity index (χ0v) is 19.3. The van der Waals surface area contributed by atoms with Gasteiger partial charge < -0.3 is 21.1 Å². The first-order valence-corrected chi connectivity index (χ1v) is 11.6. The lowest BCUT2D eigenvalue weighted by Crippen LogP contribution is -2.48. The zero-order chi connectivity index (χ0) is 26.0. The molecule has 1 aromatic carbocycles. The van der Waals surface area contributed by atoms with Gasteiger partial charge in [0.2, 0.25) is 11.7 Å². The summed E-state index contributed by atoms with van der Waals surface area (Å²) in [5, 5.41) is 13.3. The van der Waals surface area contributed by atoms with Gasteiger partial charge in [0.15, 0.2) is 11.6 Å². The number of rotatable bonds is 9. The van der Waals surface area contributed by atoms with Gasteiger partial charge >= 0.3 is 6.18 Å². The lowest BCUT2D eigenvalue weighted by atomic mass is 9.93. The molecule has 4 N–H and O–H groups in total. The predicted octanol–water partition coefficient (Wildman–Crippen LogP) is 2.52. The van der Waals surface area contributed by atoms with Crippen LogP contribution in [0.3, 0.4) is 0 Å². The molecule has 1 unspecified atom stereocenters. The van der Waals surface area contributed by atoms with Crippen LogP contribution in [0.2, 0.25) is 0 Å². The molecule has 1 saturated carbocycles. The Morgan fingerprint density at radius 3 is 2.58 bits per heavy atom. The first-order chi connectivity index (χ1) is 17.0. The van der Waals surface area contributed by atoms with Crippen molar-refractivity contribution >= 4 is 17.5 Å². The number of amides is 1. The number of hydrogen-bond acceptors (Lipinski definition) is 7. The molecule has 2 fully saturated rings. The minimum atomic E-state index is -4.67. The highest BCUT2D eigenvalue weighted by molar-refractivity contribution is 5.75. The molecular weight excluding hydrogens is 487 g/mol. The fraction of sp³-hybridized carbons (Fsp3) is 0.522. The molecule has 2 heterocycles. The monoisotopic (exact) mass is 514 g/mol. The van der Waals surface area contributed by atoms with Gasteiger partial charge in [0.05, 0.1) is 18.2 Å². The minimum Gasteiger partial charge on any atom is -0.391 e. The molecule has 1 aliphatic carbocycles. The number of nitrogens with two attached hydrogens (primary N) is 1. The van der Waals surface area contributed by atoms with Crippen LogP contribution in [0, 0.1) is 17.6 Å². The molecule has 2 aliphatic rings. The number of nitrogens with one attached hydrogen (secondary N) is 1. The molecule has 1 aromatic heterocycles. The number of carbonyl (C=O) groups excluding carboxylic acids is 1. The molecule has 2 atom stereocenters. The summed E-state index contributed by atoms with van der Waals surface area (Å²) in [5.41, 5.74) is 4.10. The molecule has 4 rings (SSSR count). The van der Waals surface area contributed by atoms with Gasteiger partial charge in [-0.1, -0.05) is 6.07 Å². The van der Waals surface area contributed by atoms with Gasteiger partial charge in [-0.25, -0.2) is 14.4 Å². The number of anilines is 2. The Kier molecular flexibility index (Phi) is 7.59. The number of nitrogens with zero attached hydrogens (tertiary/aromatic N) is 4. The summed E-state index contributed by atoms with van der Waals surface area (Å²) in [6.45, 7) is 0.936. The van der Waals surface area contributed by atoms with Crippen molar-refractivity contribution in [3.63, 3.8) is 0 Å². The van der Waals surface area contributed by atoms with E-state index >= 15 is 4.39 Å². The van der Waals surface area contributed by atoms with Gasteiger partial charge in [-0.3, -0.25) is 9.69 Å². The summed E-state index contributed by atoms with van der Waals surface area (Å²) in [5.74, 6) is -2.66. The molecule has 0 radical (unpaired) electrons. The van der Waals surface area contributed by atoms with Crippen molar-refractivity contribution in [2.24, 2.45) is 11.7 Å². The maximum absolute atomic E-state index is 15.4. The van der Waals surface area contributed by atoms with Crippen LogP contribution in [0.25, 0.3) is 0 Å². The van der Waals surface area contributed by atoms with Gasteiger partial charge in [0.25, 0.3) is 0 Å². The second-order valence-corrected chi connectivity index (χ2v) is 9.22. The number of halogens is 5. The maximum atomic E-state index is 15.4. The Hall–Kier alpha value is -3.06. The fourth-order valence-corrected chi connectivity index (χ4v) is 4.36. The summed E-state index contributed by atoms with van der Waals surface area (Å²) in [6, 6.07) is 2.16. The second-order valence-electron chi connectivity index (χ2n) is 9.22. The van der Waals surface area contributed by atoms with E-state index in [9.17, 15) is 27.5 Å². The van der Waals surface area contributed by atoms with Crippen LogP contribution in [-0.4, -0.2) is 64.2 Å². The number of β-amino-alcohol motifs (C(OH)–C–C–N with tert-alkyl or cyclic N) is 1. The Morgan fingerprint density at radius 1 is 1.22 bits per heavy atom. The van der Waals surface area contributed by atoms with Crippen LogP contribution < -0.4 is 16.0 Å². The number of aliphatic hydroxyl groups is 1. The van der Waals surface area contributed by atoms with E-state index in [0.717, 1.165) is 18.5 Å². The number of aliphatic hydroxyl groups excluding tert-OH is 1. The number of benzene rings is 1. The van der Waals surface area contributed by atoms with Crippen LogP contribution in [0.5, 0.6) is 0 Å². The van der Waals surface area contributed by atoms with Crippen molar-refractivity contribution in [2.45, 2.75) is 44.1 Å². The van der Waals surface area contributed by atoms with E-state index in [-0.39, 0.29) is 55.3 Å². The van der Waals surface area contributed by atoms with Crippen LogP contribution in [0.4, 0.5) is 33.6 Å². The van der Waals surface area contributed by atoms with Gasteiger partial charge in [-0.05, 0) is 37.9 Å². The van der Waals surface area contributed by atoms with Gasteiger partial charge in [-0.15, -0.1) is 0 Å². The molecule has 1 saturated heterocycles. The molecule has 36 heavy (non-hydrogen) atoms. The van der Waals surface area contributed by atoms with Crippen LogP contribution in [0.15, 0.2) is 24.5 Å². The second kappa shape index (κ2) is 10.5. The highest BCUT2D eigenvalue weighted by atomic mass is 19.4. The fourth-order valence-electron chi connectivity index (χ4n) is 4.36. The average Bonchev–Trinajstić information content (AvgIpc) is 3.63. The Bertz CT molecular complexity index is 1100. The average molecular weight is 514 g/mol. The van der Waals surface area contributed by atoms with Crippen molar-refractivity contribution in [2.75, 3.05) is 36.4 Å². The normalized spacial score (nSPS) is 20.8. The lowest BCUT2D eigenvalue weighted by Gasteiger charge is -2.35. The third-order valence-corrected chi connectivity index (χ3v) is 6.47. The first-order valence-electron chi connectivity index (χ1n) is 11.6. The highest BCUT2D eigenvalue weighted by Gasteiger charge is 2.35. The maximum Gasteiger partial charge on any atom is 0.416 e. The van der Waals surface area contributed by atoms with Gasteiger partial charge in [-0.2, -0.15) is 17.6 Å². The van der Waals surface area contributed by atoms with Crippen molar-refractivity contribution in [1.82, 2.24) is 14.9 Å². The topological polar surface area (TPSA) is 108 Å². The number of aromatic nitrogens is 2. The summed E-state index contributed by atoms with van der Waals surface area (Å²) in [6.07, 6.45) is -2.27. The van der Waals surface area contributed by atoms with E-state index in [1.54, 1.807) is 4.90 Å². The summed E-state index contributed by atoms with van der Waals surface area (Å²) in [4.78, 5) is 22.4. The smallest absolute Gasteiger partial charge is 0.391 e. The van der Waals surface area contributed by atoms with Gasteiger partial charge in [0, 0.05) is 37.2 Å². The number of hydrogen-bond donors (Lipinski definition) is 3. The molecule has 13 heteroatoms. The molecule has 2 aromatic rings. The van der Waals surface area contributed by atoms with Crippen LogP contribution in [-0.2, 0) is 17.5 Å². The van der Waals surface area contributed by atoms with Crippen molar-refractivity contribution < 1.29 is 31.9 Å². The molecule has 1 amide bonds. The molecule has 196 valence electrons. The Balaban J connectivity index is 1.45. The highest BCUT2D eigenvalue weighted by Crippen LogP contribution is 2.36. The molecule has 1 aliphatic heterocycles. The van der Waals surface area contributed by atoms with E-state index in [1.807, 2.05) is 0 Å². The lowest BCUT2D eigenvalue weighted by molar-refractivity contribution is -0.137. The summed E-state index contributed by atoms with van der Waals surface area (Å²) >= 11 is 0. The zero-order valence-electron chi connectivity index (χ0n) is 19.3. The minimum absolute atomic E-state index is 0.00624. The standard InChI is InChI=1S/C23H27F5N6O2/c24-17-7-15(23(26,27)28)2-1-14(17)9-34(16-3-4-16)22-20(25)21(31-12-32-22)30-8-13-5-6-33(10-18(13)35)11-19(29)36/h1-2,7,12-13,16,18,35H,3-6,8-11H2,(H2,29,36)(H,30,31,32)/t13?,18-/m0/s1. The largest absolute Gasteiger partial charge is 0.416 e. The number of alkyl halides is 3. The third-order valence-electron chi connectivity index (χ3n) is 6.47. The number of carbonyl (C=O) groups is 1. The van der Waals surface area contributed by atoms with E-state index in [2.05, 4.69) is 15.3 Å². The van der Waals surface area contributed by atoms with E-state index in [4.69, 9.17) is 5.73 Å². The molecule has 8 nitrogen and oxygen atoms in total. The first kappa shape index (κ1) is 26.0. The van der Waals surface area contributed by atoms with E-state index < -0.39 is 35.4 Å². The van der Waals surface area contributed by atoms with Crippen molar-refractivity contribution in [3.8, 4) is 0 Å². The van der Waals surface area contributed by atoms with E-state index in [1.165, 1.54) is 4.90 Å². The predicted molar refractivity (Wildman–Crippen MR) is 121 cm³/mol. The number of piperidine rings is 1. The number of primary amides is 1. The van der Waals surface area contributed by atoms with Crippen molar-refractivity contribution in [1.29, 1.82) is 0 Å². The molecule has 0 bridgehead atoms. The SMILES string of the molecule is NC(=O)CN1CCC(CNc2ncnc(N(Cc3ccc(C(F)(F)F)cc3F)C3CC3)c2F)[C@@H](O)C1. The van der Waals surface area contributed by atoms with Crippen LogP contribution >= 0.6 is 0 Å². The third kappa shape index (κ3) is 6.19. The quantitative estimate of drug-likeness (QED) is 0.442. The molecule has 0 spiro atoms. The summed E-state index contributed by atoms with van der Waals surface area (Å²) < 4.78 is 68.5. The van der Waals surface area contributed by atoms with Gasteiger partial charge in [0.1, 0.15) is 12.1 Å². The summed E-state index contributed by atoms with van der Waals surface area (Å²) in [7, 11) is 0. The van der Waals surface area contributed by atoms with Crippen LogP contribution in [0.1, 0.15) is 30.4 Å². The van der Waals surface area contributed by atoms with Crippen molar-refractivity contribution in [3.05, 3.63) is 47.3 Å². The number of likely N-dealkylation sites (tertiary alicyclic amines) is 1. The molecular formula is C23H27F5N6O2. The Labute approximate surface area is 204 Å². The van der Waals surface area contributed by atoms with E-state index in [0.29, 0.717) is 31.9 Å².